The lowest BCUT2D eigenvalue weighted by atomic mass is 9.81. The zero-order chi connectivity index (χ0) is 14.2. The summed E-state index contributed by atoms with van der Waals surface area (Å²) in [5.74, 6) is 0.988. The number of carbonyl (C=O) groups is 1. The Bertz CT molecular complexity index is 502. The maximum Gasteiger partial charge on any atom is 0.311 e. The van der Waals surface area contributed by atoms with Crippen LogP contribution in [0.1, 0.15) is 44.3 Å². The first-order valence-electron chi connectivity index (χ1n) is 7.41. The molecule has 1 aliphatic heterocycles. The summed E-state index contributed by atoms with van der Waals surface area (Å²) in [6, 6.07) is 0. The molecule has 1 saturated carbocycles. The minimum atomic E-state index is -0.639. The molecule has 110 valence electrons. The zero-order valence-corrected chi connectivity index (χ0v) is 11.8. The fourth-order valence-corrected chi connectivity index (χ4v) is 3.73. The monoisotopic (exact) mass is 279 g/mol. The van der Waals surface area contributed by atoms with E-state index in [0.717, 1.165) is 44.5 Å². The summed E-state index contributed by atoms with van der Waals surface area (Å²) in [6.45, 7) is 4.09. The van der Waals surface area contributed by atoms with Crippen LogP contribution in [0.25, 0.3) is 0 Å². The fourth-order valence-electron chi connectivity index (χ4n) is 3.73. The Balaban J connectivity index is 1.66. The first kappa shape index (κ1) is 13.5. The van der Waals surface area contributed by atoms with Crippen molar-refractivity contribution in [1.29, 1.82) is 0 Å². The standard InChI is InChI=1S/C14H21N3O3/c1-2-4-11-15-12(20-16-11)8-17-7-10-5-3-6-14(10,9-17)13(18)19/h10H,2-9H2,1H3,(H,18,19)/t10-,14+/m0/s1. The van der Waals surface area contributed by atoms with E-state index in [1.54, 1.807) is 0 Å². The summed E-state index contributed by atoms with van der Waals surface area (Å²) in [6.07, 6.45) is 4.67. The minimum Gasteiger partial charge on any atom is -0.481 e. The fraction of sp³-hybridized carbons (Fsp3) is 0.786. The van der Waals surface area contributed by atoms with Gasteiger partial charge in [-0.05, 0) is 25.2 Å². The molecule has 6 heteroatoms. The van der Waals surface area contributed by atoms with Crippen molar-refractivity contribution in [2.75, 3.05) is 13.1 Å². The molecule has 1 aromatic heterocycles. The molecule has 2 heterocycles. The second-order valence-corrected chi connectivity index (χ2v) is 6.07. The van der Waals surface area contributed by atoms with Gasteiger partial charge in [-0.25, -0.2) is 0 Å². The Kier molecular flexibility index (Phi) is 3.50. The van der Waals surface area contributed by atoms with Gasteiger partial charge in [0.15, 0.2) is 5.82 Å². The first-order valence-corrected chi connectivity index (χ1v) is 7.41. The molecule has 0 unspecified atom stereocenters. The third-order valence-corrected chi connectivity index (χ3v) is 4.71. The molecule has 0 spiro atoms. The third kappa shape index (κ3) is 2.22. The molecule has 3 rings (SSSR count). The lowest BCUT2D eigenvalue weighted by Crippen LogP contribution is -2.35. The average molecular weight is 279 g/mol. The highest BCUT2D eigenvalue weighted by molar-refractivity contribution is 5.76. The molecular weight excluding hydrogens is 258 g/mol. The minimum absolute atomic E-state index is 0.276. The van der Waals surface area contributed by atoms with Crippen LogP contribution in [0.4, 0.5) is 0 Å². The van der Waals surface area contributed by atoms with Gasteiger partial charge < -0.3 is 9.63 Å². The maximum absolute atomic E-state index is 11.6. The topological polar surface area (TPSA) is 79.5 Å². The molecule has 6 nitrogen and oxygen atoms in total. The summed E-state index contributed by atoms with van der Waals surface area (Å²) in [7, 11) is 0. The number of aryl methyl sites for hydroxylation is 1. The van der Waals surface area contributed by atoms with Gasteiger partial charge in [0, 0.05) is 19.5 Å². The Morgan fingerprint density at radius 3 is 3.15 bits per heavy atom. The molecule has 1 N–H and O–H groups in total. The first-order chi connectivity index (χ1) is 9.64. The van der Waals surface area contributed by atoms with Gasteiger partial charge in [-0.15, -0.1) is 0 Å². The van der Waals surface area contributed by atoms with Gasteiger partial charge in [-0.3, -0.25) is 9.69 Å². The van der Waals surface area contributed by atoms with E-state index in [-0.39, 0.29) is 5.92 Å². The molecule has 2 aliphatic rings. The molecular formula is C14H21N3O3. The van der Waals surface area contributed by atoms with E-state index in [2.05, 4.69) is 22.0 Å². The molecule has 20 heavy (non-hydrogen) atoms. The van der Waals surface area contributed by atoms with Crippen LogP contribution in [-0.2, 0) is 17.8 Å². The van der Waals surface area contributed by atoms with E-state index >= 15 is 0 Å². The van der Waals surface area contributed by atoms with Crippen LogP contribution in [0.5, 0.6) is 0 Å². The van der Waals surface area contributed by atoms with E-state index < -0.39 is 11.4 Å². The number of hydrogen-bond donors (Lipinski definition) is 1. The van der Waals surface area contributed by atoms with E-state index in [0.29, 0.717) is 19.0 Å². The van der Waals surface area contributed by atoms with Gasteiger partial charge in [-0.2, -0.15) is 4.98 Å². The summed E-state index contributed by atoms with van der Waals surface area (Å²) < 4.78 is 5.24. The summed E-state index contributed by atoms with van der Waals surface area (Å²) >= 11 is 0. The smallest absolute Gasteiger partial charge is 0.311 e. The van der Waals surface area contributed by atoms with E-state index in [9.17, 15) is 9.90 Å². The lowest BCUT2D eigenvalue weighted by molar-refractivity contribution is -0.149. The van der Waals surface area contributed by atoms with Crippen molar-refractivity contribution >= 4 is 5.97 Å². The van der Waals surface area contributed by atoms with Gasteiger partial charge in [0.05, 0.1) is 12.0 Å². The molecule has 0 amide bonds. The molecule has 0 aromatic carbocycles. The van der Waals surface area contributed by atoms with Gasteiger partial charge in [0.25, 0.3) is 0 Å². The Hall–Kier alpha value is -1.43. The zero-order valence-electron chi connectivity index (χ0n) is 11.8. The molecule has 0 bridgehead atoms. The van der Waals surface area contributed by atoms with Crippen molar-refractivity contribution in [2.45, 2.75) is 45.6 Å². The Labute approximate surface area is 118 Å². The molecule has 1 saturated heterocycles. The molecule has 1 aromatic rings. The molecule has 2 fully saturated rings. The quantitative estimate of drug-likeness (QED) is 0.884. The van der Waals surface area contributed by atoms with Crippen molar-refractivity contribution in [3.05, 3.63) is 11.7 Å². The van der Waals surface area contributed by atoms with Crippen molar-refractivity contribution in [2.24, 2.45) is 11.3 Å². The van der Waals surface area contributed by atoms with Gasteiger partial charge in [0.2, 0.25) is 5.89 Å². The van der Waals surface area contributed by atoms with Crippen molar-refractivity contribution in [1.82, 2.24) is 15.0 Å². The highest BCUT2D eigenvalue weighted by Crippen LogP contribution is 2.49. The van der Waals surface area contributed by atoms with Crippen LogP contribution in [0, 0.1) is 11.3 Å². The number of fused-ring (bicyclic) bond motifs is 1. The maximum atomic E-state index is 11.6. The highest BCUT2D eigenvalue weighted by atomic mass is 16.5. The summed E-state index contributed by atoms with van der Waals surface area (Å²) in [5, 5.41) is 13.5. The van der Waals surface area contributed by atoms with Crippen LogP contribution < -0.4 is 0 Å². The lowest BCUT2D eigenvalue weighted by Gasteiger charge is -2.23. The van der Waals surface area contributed by atoms with E-state index in [1.165, 1.54) is 0 Å². The molecule has 2 atom stereocenters. The van der Waals surface area contributed by atoms with Gasteiger partial charge in [-0.1, -0.05) is 18.5 Å². The van der Waals surface area contributed by atoms with E-state index in [1.807, 2.05) is 0 Å². The predicted molar refractivity (Wildman–Crippen MR) is 71.0 cm³/mol. The number of likely N-dealkylation sites (tertiary alicyclic amines) is 1. The van der Waals surface area contributed by atoms with Crippen LogP contribution in [-0.4, -0.2) is 39.2 Å². The van der Waals surface area contributed by atoms with Crippen molar-refractivity contribution in [3.8, 4) is 0 Å². The number of aromatic nitrogens is 2. The number of hydrogen-bond acceptors (Lipinski definition) is 5. The van der Waals surface area contributed by atoms with Crippen LogP contribution in [0.3, 0.4) is 0 Å². The van der Waals surface area contributed by atoms with Crippen LogP contribution in [0.15, 0.2) is 4.52 Å². The van der Waals surface area contributed by atoms with E-state index in [4.69, 9.17) is 4.52 Å². The summed E-state index contributed by atoms with van der Waals surface area (Å²) in [5.41, 5.74) is -0.535. The average Bonchev–Trinajstić information content (AvgIpc) is 3.04. The number of carboxylic acid groups (broad SMARTS) is 1. The second-order valence-electron chi connectivity index (χ2n) is 6.07. The van der Waals surface area contributed by atoms with Crippen LogP contribution in [0.2, 0.25) is 0 Å². The largest absolute Gasteiger partial charge is 0.481 e. The highest BCUT2D eigenvalue weighted by Gasteiger charge is 2.54. The van der Waals surface area contributed by atoms with Crippen molar-refractivity contribution < 1.29 is 14.4 Å². The van der Waals surface area contributed by atoms with Gasteiger partial charge >= 0.3 is 5.97 Å². The second kappa shape index (κ2) is 5.16. The third-order valence-electron chi connectivity index (χ3n) is 4.71. The van der Waals surface area contributed by atoms with Crippen LogP contribution >= 0.6 is 0 Å². The Morgan fingerprint density at radius 2 is 2.45 bits per heavy atom. The molecule has 0 radical (unpaired) electrons. The predicted octanol–water partition coefficient (Wildman–Crippen LogP) is 1.71. The van der Waals surface area contributed by atoms with Crippen molar-refractivity contribution in [3.63, 3.8) is 0 Å². The Morgan fingerprint density at radius 1 is 1.60 bits per heavy atom. The summed E-state index contributed by atoms with van der Waals surface area (Å²) in [4.78, 5) is 18.1. The van der Waals surface area contributed by atoms with Gasteiger partial charge in [0.1, 0.15) is 0 Å². The number of rotatable bonds is 5. The number of aliphatic carboxylic acids is 1. The molecule has 1 aliphatic carbocycles. The number of carboxylic acids is 1. The SMILES string of the molecule is CCCc1noc(CN2C[C@@H]3CCC[C@@]3(C(=O)O)C2)n1. The number of nitrogens with zero attached hydrogens (tertiary/aromatic N) is 3. The normalized spacial score (nSPS) is 29.8.